The number of phenolic OH excluding ortho intramolecular Hbond substituents is 1. The van der Waals surface area contributed by atoms with Crippen molar-refractivity contribution in [2.45, 2.75) is 26.2 Å². The summed E-state index contributed by atoms with van der Waals surface area (Å²) in [5.41, 5.74) is 0.926. The zero-order valence-electron chi connectivity index (χ0n) is 9.59. The van der Waals surface area contributed by atoms with Crippen LogP contribution in [0, 0.1) is 0 Å². The van der Waals surface area contributed by atoms with Crippen LogP contribution in [0.25, 0.3) is 0 Å². The third-order valence-electron chi connectivity index (χ3n) is 1.87. The fourth-order valence-corrected chi connectivity index (χ4v) is 0.914. The van der Waals surface area contributed by atoms with Gasteiger partial charge in [0.2, 0.25) is 0 Å². The Morgan fingerprint density at radius 3 is 1.88 bits per heavy atom. The normalized spacial score (nSPS) is 9.00. The Bertz CT molecular complexity index is 356. The van der Waals surface area contributed by atoms with Gasteiger partial charge in [0.25, 0.3) is 0 Å². The zero-order chi connectivity index (χ0) is 13.3. The molecule has 0 aliphatic heterocycles. The number of benzene rings is 1. The van der Waals surface area contributed by atoms with E-state index in [1.807, 2.05) is 0 Å². The van der Waals surface area contributed by atoms with E-state index in [2.05, 4.69) is 0 Å². The second-order valence-corrected chi connectivity index (χ2v) is 3.31. The van der Waals surface area contributed by atoms with E-state index in [1.165, 1.54) is 0 Å². The van der Waals surface area contributed by atoms with E-state index >= 15 is 0 Å². The van der Waals surface area contributed by atoms with Gasteiger partial charge in [-0.1, -0.05) is 19.1 Å². The summed E-state index contributed by atoms with van der Waals surface area (Å²) in [6.45, 7) is 1.60. The zero-order valence-corrected chi connectivity index (χ0v) is 9.59. The van der Waals surface area contributed by atoms with Gasteiger partial charge < -0.3 is 15.3 Å². The average Bonchev–Trinajstić information content (AvgIpc) is 2.29. The molecule has 0 amide bonds. The topological polar surface area (TPSA) is 94.8 Å². The minimum atomic E-state index is -0.803. The van der Waals surface area contributed by atoms with Crippen LogP contribution in [0.2, 0.25) is 0 Å². The Kier molecular flexibility index (Phi) is 7.17. The molecule has 5 heteroatoms. The van der Waals surface area contributed by atoms with Crippen molar-refractivity contribution < 1.29 is 24.9 Å². The molecule has 0 unspecified atom stereocenters. The standard InChI is InChI=1S/C9H10O3.C3H6O2/c10-8-4-1-7(2-5-8)3-6-9(11)12;1-2-3(4)5/h1-2,4-5,10H,3,6H2,(H,11,12);2H2,1H3,(H,4,5). The fourth-order valence-electron chi connectivity index (χ4n) is 0.914. The second-order valence-electron chi connectivity index (χ2n) is 3.31. The summed E-state index contributed by atoms with van der Waals surface area (Å²) in [4.78, 5) is 19.6. The van der Waals surface area contributed by atoms with Crippen molar-refractivity contribution in [1.29, 1.82) is 0 Å². The summed E-state index contributed by atoms with van der Waals surface area (Å²) in [5, 5.41) is 25.0. The lowest BCUT2D eigenvalue weighted by molar-refractivity contribution is -0.137. The molecule has 0 aromatic heterocycles. The van der Waals surface area contributed by atoms with Gasteiger partial charge in [0, 0.05) is 12.8 Å². The Labute approximate surface area is 99.3 Å². The lowest BCUT2D eigenvalue weighted by atomic mass is 10.1. The maximum Gasteiger partial charge on any atom is 0.303 e. The Hall–Kier alpha value is -2.04. The molecule has 0 saturated heterocycles. The highest BCUT2D eigenvalue weighted by atomic mass is 16.4. The highest BCUT2D eigenvalue weighted by molar-refractivity contribution is 5.67. The molecular weight excluding hydrogens is 224 g/mol. The number of aryl methyl sites for hydroxylation is 1. The highest BCUT2D eigenvalue weighted by Gasteiger charge is 1.98. The van der Waals surface area contributed by atoms with Crippen LogP contribution in [0.4, 0.5) is 0 Å². The van der Waals surface area contributed by atoms with Crippen LogP contribution in [0.15, 0.2) is 24.3 Å². The Morgan fingerprint density at radius 1 is 1.06 bits per heavy atom. The van der Waals surface area contributed by atoms with Gasteiger partial charge in [-0.25, -0.2) is 0 Å². The molecule has 1 rings (SSSR count). The van der Waals surface area contributed by atoms with E-state index in [-0.39, 0.29) is 18.6 Å². The van der Waals surface area contributed by atoms with Gasteiger partial charge in [0.15, 0.2) is 0 Å². The summed E-state index contributed by atoms with van der Waals surface area (Å²) >= 11 is 0. The van der Waals surface area contributed by atoms with Gasteiger partial charge in [0.1, 0.15) is 5.75 Å². The van der Waals surface area contributed by atoms with Gasteiger partial charge in [0.05, 0.1) is 0 Å². The number of hydrogen-bond donors (Lipinski definition) is 3. The van der Waals surface area contributed by atoms with E-state index in [4.69, 9.17) is 15.3 Å². The minimum Gasteiger partial charge on any atom is -0.508 e. The maximum absolute atomic E-state index is 10.2. The molecular formula is C12H16O5. The predicted octanol–water partition coefficient (Wildman–Crippen LogP) is 1.89. The first-order valence-electron chi connectivity index (χ1n) is 5.17. The second kappa shape index (κ2) is 8.15. The molecule has 0 atom stereocenters. The van der Waals surface area contributed by atoms with Crippen LogP contribution in [0.5, 0.6) is 5.75 Å². The molecule has 0 heterocycles. The molecule has 0 saturated carbocycles. The Morgan fingerprint density at radius 2 is 1.53 bits per heavy atom. The third kappa shape index (κ3) is 8.92. The first kappa shape index (κ1) is 15.0. The molecule has 0 fully saturated rings. The third-order valence-corrected chi connectivity index (χ3v) is 1.87. The van der Waals surface area contributed by atoms with Crippen molar-refractivity contribution in [2.75, 3.05) is 0 Å². The van der Waals surface area contributed by atoms with E-state index in [9.17, 15) is 9.59 Å². The van der Waals surface area contributed by atoms with Gasteiger partial charge in [-0.2, -0.15) is 0 Å². The Balaban J connectivity index is 0.000000437. The van der Waals surface area contributed by atoms with Gasteiger partial charge in [-0.3, -0.25) is 9.59 Å². The SMILES string of the molecule is CCC(=O)O.O=C(O)CCc1ccc(O)cc1. The monoisotopic (exact) mass is 240 g/mol. The van der Waals surface area contributed by atoms with Crippen LogP contribution in [-0.4, -0.2) is 27.3 Å². The van der Waals surface area contributed by atoms with Crippen LogP contribution in [-0.2, 0) is 16.0 Å². The van der Waals surface area contributed by atoms with Gasteiger partial charge >= 0.3 is 11.9 Å². The summed E-state index contributed by atoms with van der Waals surface area (Å²) in [6.07, 6.45) is 0.861. The van der Waals surface area contributed by atoms with E-state index in [0.717, 1.165) is 5.56 Å². The largest absolute Gasteiger partial charge is 0.508 e. The first-order valence-corrected chi connectivity index (χ1v) is 5.17. The number of aromatic hydroxyl groups is 1. The smallest absolute Gasteiger partial charge is 0.303 e. The summed E-state index contributed by atoms with van der Waals surface area (Å²) in [6, 6.07) is 6.55. The molecule has 0 bridgehead atoms. The van der Waals surface area contributed by atoms with Crippen LogP contribution < -0.4 is 0 Å². The van der Waals surface area contributed by atoms with Crippen molar-refractivity contribution in [3.8, 4) is 5.75 Å². The predicted molar refractivity (Wildman–Crippen MR) is 62.0 cm³/mol. The molecule has 0 aliphatic rings. The van der Waals surface area contributed by atoms with Crippen molar-refractivity contribution in [3.05, 3.63) is 29.8 Å². The van der Waals surface area contributed by atoms with Crippen LogP contribution >= 0.6 is 0 Å². The number of carboxylic acid groups (broad SMARTS) is 2. The summed E-state index contributed by atoms with van der Waals surface area (Å²) < 4.78 is 0. The van der Waals surface area contributed by atoms with Gasteiger partial charge in [-0.15, -0.1) is 0 Å². The van der Waals surface area contributed by atoms with E-state index < -0.39 is 11.9 Å². The highest BCUT2D eigenvalue weighted by Crippen LogP contribution is 2.10. The number of rotatable bonds is 4. The molecule has 0 spiro atoms. The molecule has 5 nitrogen and oxygen atoms in total. The average molecular weight is 240 g/mol. The number of phenols is 1. The minimum absolute atomic E-state index is 0.130. The molecule has 1 aromatic rings. The number of carbonyl (C=O) groups is 2. The van der Waals surface area contributed by atoms with E-state index in [0.29, 0.717) is 6.42 Å². The lowest BCUT2D eigenvalue weighted by Crippen LogP contribution is -1.96. The number of hydrogen-bond acceptors (Lipinski definition) is 3. The van der Waals surface area contributed by atoms with Crippen LogP contribution in [0.1, 0.15) is 25.3 Å². The van der Waals surface area contributed by atoms with Crippen molar-refractivity contribution in [3.63, 3.8) is 0 Å². The van der Waals surface area contributed by atoms with Crippen molar-refractivity contribution >= 4 is 11.9 Å². The van der Waals surface area contributed by atoms with E-state index in [1.54, 1.807) is 31.2 Å². The maximum atomic E-state index is 10.2. The lowest BCUT2D eigenvalue weighted by Gasteiger charge is -1.97. The van der Waals surface area contributed by atoms with Crippen molar-refractivity contribution in [1.82, 2.24) is 0 Å². The summed E-state index contributed by atoms with van der Waals surface area (Å²) in [7, 11) is 0. The quantitative estimate of drug-likeness (QED) is 0.747. The van der Waals surface area contributed by atoms with Crippen LogP contribution in [0.3, 0.4) is 0 Å². The number of aliphatic carboxylic acids is 2. The summed E-state index contributed by atoms with van der Waals surface area (Å²) in [5.74, 6) is -1.35. The first-order chi connectivity index (χ1) is 7.95. The molecule has 0 aliphatic carbocycles. The molecule has 94 valence electrons. The fraction of sp³-hybridized carbons (Fsp3) is 0.333. The molecule has 17 heavy (non-hydrogen) atoms. The van der Waals surface area contributed by atoms with Crippen molar-refractivity contribution in [2.24, 2.45) is 0 Å². The molecule has 3 N–H and O–H groups in total. The van der Waals surface area contributed by atoms with Gasteiger partial charge in [-0.05, 0) is 24.1 Å². The molecule has 0 radical (unpaired) electrons. The molecule has 1 aromatic carbocycles. The number of carboxylic acids is 2.